The van der Waals surface area contributed by atoms with Gasteiger partial charge < -0.3 is 24.2 Å². The summed E-state index contributed by atoms with van der Waals surface area (Å²) in [5.74, 6) is -2.03. The largest absolute Gasteiger partial charge is 0.480 e. The van der Waals surface area contributed by atoms with E-state index in [1.54, 1.807) is 0 Å². The molecule has 0 saturated carbocycles. The number of carbonyl (C=O) groups is 3. The van der Waals surface area contributed by atoms with Crippen molar-refractivity contribution in [2.24, 2.45) is 5.92 Å². The topological polar surface area (TPSA) is 102 Å². The predicted octanol–water partition coefficient (Wildman–Crippen LogP) is 1.61. The average molecular weight is 401 g/mol. The Bertz CT molecular complexity index is 580. The van der Waals surface area contributed by atoms with Crippen LogP contribution in [-0.2, 0) is 28.6 Å². The number of thioether (sulfide) groups is 1. The maximum atomic E-state index is 12.6. The SMILES string of the molecule is CCCC(=O)OCC1S[C@@H]2[C@@H]([C@@H](C)OC3CCCCO3)C(=O)N2C1C(=O)O. The number of carboxylic acid groups (broad SMARTS) is 1. The normalized spacial score (nSPS) is 33.9. The lowest BCUT2D eigenvalue weighted by atomic mass is 9.90. The standard InChI is InChI=1S/C18H27NO7S/c1-3-6-12(20)25-9-11-15(18(22)23)19-16(21)14(17(19)27-11)10(2)26-13-7-4-5-8-24-13/h10-11,13-15,17H,3-9H2,1-2H3,(H,22,23)/t10-,11?,13?,14+,15?,17-/m1/s1. The van der Waals surface area contributed by atoms with Crippen LogP contribution in [0.4, 0.5) is 0 Å². The van der Waals surface area contributed by atoms with Gasteiger partial charge >= 0.3 is 11.9 Å². The minimum atomic E-state index is -1.07. The number of fused-ring (bicyclic) bond motifs is 1. The van der Waals surface area contributed by atoms with Crippen molar-refractivity contribution in [1.82, 2.24) is 4.90 Å². The highest BCUT2D eigenvalue weighted by Gasteiger charge is 2.62. The van der Waals surface area contributed by atoms with Crippen molar-refractivity contribution in [3.8, 4) is 0 Å². The fourth-order valence-electron chi connectivity index (χ4n) is 3.82. The molecule has 3 unspecified atom stereocenters. The number of carboxylic acids is 1. The Morgan fingerprint density at radius 1 is 1.41 bits per heavy atom. The van der Waals surface area contributed by atoms with E-state index in [9.17, 15) is 19.5 Å². The van der Waals surface area contributed by atoms with Crippen molar-refractivity contribution in [1.29, 1.82) is 0 Å². The van der Waals surface area contributed by atoms with E-state index >= 15 is 0 Å². The molecule has 0 radical (unpaired) electrons. The molecule has 152 valence electrons. The molecule has 3 rings (SSSR count). The molecule has 8 nitrogen and oxygen atoms in total. The lowest BCUT2D eigenvalue weighted by Gasteiger charge is -2.46. The van der Waals surface area contributed by atoms with Crippen molar-refractivity contribution in [3.63, 3.8) is 0 Å². The molecule has 3 saturated heterocycles. The number of β-lactam (4-membered cyclic amide) rings is 1. The minimum Gasteiger partial charge on any atom is -0.480 e. The van der Waals surface area contributed by atoms with Gasteiger partial charge in [0.25, 0.3) is 0 Å². The summed E-state index contributed by atoms with van der Waals surface area (Å²) in [4.78, 5) is 37.4. The van der Waals surface area contributed by atoms with Gasteiger partial charge in [0.05, 0.1) is 22.6 Å². The fraction of sp³-hybridized carbons (Fsp3) is 0.833. The maximum Gasteiger partial charge on any atom is 0.327 e. The van der Waals surface area contributed by atoms with Crippen molar-refractivity contribution in [2.45, 2.75) is 75.0 Å². The molecule has 1 amide bonds. The smallest absolute Gasteiger partial charge is 0.327 e. The molecule has 0 aromatic heterocycles. The summed E-state index contributed by atoms with van der Waals surface area (Å²) in [6.45, 7) is 4.36. The zero-order valence-electron chi connectivity index (χ0n) is 15.7. The van der Waals surface area contributed by atoms with Gasteiger partial charge in [-0.3, -0.25) is 9.59 Å². The molecule has 6 atom stereocenters. The first-order valence-electron chi connectivity index (χ1n) is 9.57. The van der Waals surface area contributed by atoms with Crippen molar-refractivity contribution < 1.29 is 33.7 Å². The van der Waals surface area contributed by atoms with E-state index < -0.39 is 23.2 Å². The average Bonchev–Trinajstić information content (AvgIpc) is 2.95. The third-order valence-electron chi connectivity index (χ3n) is 5.21. The zero-order chi connectivity index (χ0) is 19.6. The Balaban J connectivity index is 1.61. The molecular formula is C18H27NO7S. The van der Waals surface area contributed by atoms with Crippen LogP contribution in [0.25, 0.3) is 0 Å². The number of aliphatic carboxylic acids is 1. The van der Waals surface area contributed by atoms with Gasteiger partial charge in [0, 0.05) is 13.0 Å². The number of rotatable bonds is 8. The first-order valence-corrected chi connectivity index (χ1v) is 10.5. The molecule has 27 heavy (non-hydrogen) atoms. The lowest BCUT2D eigenvalue weighted by molar-refractivity contribution is -0.209. The van der Waals surface area contributed by atoms with E-state index in [1.165, 1.54) is 16.7 Å². The molecule has 9 heteroatoms. The molecule has 0 spiro atoms. The summed E-state index contributed by atoms with van der Waals surface area (Å²) in [6.07, 6.45) is 3.17. The molecule has 3 aliphatic rings. The van der Waals surface area contributed by atoms with Crippen LogP contribution in [0.1, 0.15) is 46.0 Å². The van der Waals surface area contributed by atoms with Crippen molar-refractivity contribution >= 4 is 29.6 Å². The quantitative estimate of drug-likeness (QED) is 0.483. The molecular weight excluding hydrogens is 374 g/mol. The van der Waals surface area contributed by atoms with E-state index in [1.807, 2.05) is 13.8 Å². The molecule has 0 aliphatic carbocycles. The first-order chi connectivity index (χ1) is 12.9. The number of ether oxygens (including phenoxy) is 3. The van der Waals surface area contributed by atoms with E-state index in [-0.39, 0.29) is 36.3 Å². The van der Waals surface area contributed by atoms with E-state index in [0.717, 1.165) is 19.3 Å². The molecule has 1 N–H and O–H groups in total. The Labute approximate surface area is 162 Å². The van der Waals surface area contributed by atoms with Crippen LogP contribution in [0, 0.1) is 5.92 Å². The van der Waals surface area contributed by atoms with Crippen LogP contribution in [0.3, 0.4) is 0 Å². The monoisotopic (exact) mass is 401 g/mol. The summed E-state index contributed by atoms with van der Waals surface area (Å²) in [5.41, 5.74) is 0. The number of nitrogens with zero attached hydrogens (tertiary/aromatic N) is 1. The minimum absolute atomic E-state index is 0.00552. The van der Waals surface area contributed by atoms with Gasteiger partial charge in [-0.2, -0.15) is 0 Å². The second kappa shape index (κ2) is 8.79. The Morgan fingerprint density at radius 3 is 2.81 bits per heavy atom. The van der Waals surface area contributed by atoms with Gasteiger partial charge in [-0.15, -0.1) is 11.8 Å². The van der Waals surface area contributed by atoms with Crippen molar-refractivity contribution in [2.75, 3.05) is 13.2 Å². The molecule has 3 aliphatic heterocycles. The number of carbonyl (C=O) groups excluding carboxylic acids is 2. The van der Waals surface area contributed by atoms with Crippen LogP contribution in [0.15, 0.2) is 0 Å². The van der Waals surface area contributed by atoms with Crippen molar-refractivity contribution in [3.05, 3.63) is 0 Å². The van der Waals surface area contributed by atoms with E-state index in [0.29, 0.717) is 19.4 Å². The highest BCUT2D eigenvalue weighted by Crippen LogP contribution is 2.49. The summed E-state index contributed by atoms with van der Waals surface area (Å²) in [7, 11) is 0. The number of esters is 1. The fourth-order valence-corrected chi connectivity index (χ4v) is 5.60. The Morgan fingerprint density at radius 2 is 2.19 bits per heavy atom. The van der Waals surface area contributed by atoms with Crippen LogP contribution in [0.2, 0.25) is 0 Å². The molecule has 0 aromatic carbocycles. The molecule has 3 fully saturated rings. The number of amides is 1. The number of hydrogen-bond acceptors (Lipinski definition) is 7. The summed E-state index contributed by atoms with van der Waals surface area (Å²) >= 11 is 1.39. The second-order valence-corrected chi connectivity index (χ2v) is 8.55. The summed E-state index contributed by atoms with van der Waals surface area (Å²) < 4.78 is 16.7. The highest BCUT2D eigenvalue weighted by molar-refractivity contribution is 8.01. The zero-order valence-corrected chi connectivity index (χ0v) is 16.5. The van der Waals surface area contributed by atoms with Gasteiger partial charge in [-0.05, 0) is 32.6 Å². The Kier molecular flexibility index (Phi) is 6.65. The number of hydrogen-bond donors (Lipinski definition) is 1. The van der Waals surface area contributed by atoms with Crippen LogP contribution >= 0.6 is 11.8 Å². The van der Waals surface area contributed by atoms with E-state index in [4.69, 9.17) is 14.2 Å². The van der Waals surface area contributed by atoms with Gasteiger partial charge in [0.1, 0.15) is 12.6 Å². The van der Waals surface area contributed by atoms with Gasteiger partial charge in [-0.1, -0.05) is 6.92 Å². The third-order valence-corrected chi connectivity index (χ3v) is 6.76. The Hall–Kier alpha value is -1.32. The second-order valence-electron chi connectivity index (χ2n) is 7.19. The first kappa shape index (κ1) is 20.4. The molecule has 3 heterocycles. The van der Waals surface area contributed by atoms with Gasteiger partial charge in [0.15, 0.2) is 6.29 Å². The molecule has 0 aromatic rings. The van der Waals surface area contributed by atoms with E-state index in [2.05, 4.69) is 0 Å². The van der Waals surface area contributed by atoms with Crippen LogP contribution in [-0.4, -0.2) is 70.1 Å². The predicted molar refractivity (Wildman–Crippen MR) is 96.9 cm³/mol. The summed E-state index contributed by atoms with van der Waals surface area (Å²) in [5, 5.41) is 8.84. The molecule has 0 bridgehead atoms. The lowest BCUT2D eigenvalue weighted by Crippen LogP contribution is -2.65. The van der Waals surface area contributed by atoms with Gasteiger partial charge in [-0.25, -0.2) is 4.79 Å². The summed E-state index contributed by atoms with van der Waals surface area (Å²) in [6, 6.07) is -0.976. The van der Waals surface area contributed by atoms with Crippen LogP contribution < -0.4 is 0 Å². The highest BCUT2D eigenvalue weighted by atomic mass is 32.2. The third kappa shape index (κ3) is 4.25. The maximum absolute atomic E-state index is 12.6. The van der Waals surface area contributed by atoms with Gasteiger partial charge in [0.2, 0.25) is 5.91 Å². The van der Waals surface area contributed by atoms with Crippen LogP contribution in [0.5, 0.6) is 0 Å².